The predicted molar refractivity (Wildman–Crippen MR) is 90.8 cm³/mol. The molecule has 26 heavy (non-hydrogen) atoms. The molecule has 5 nitrogen and oxygen atoms in total. The van der Waals surface area contributed by atoms with E-state index in [1.807, 2.05) is 6.92 Å². The normalized spacial score (nSPS) is 19.4. The minimum atomic E-state index is -4.43. The molecule has 8 heteroatoms. The van der Waals surface area contributed by atoms with Crippen LogP contribution in [0.5, 0.6) is 0 Å². The first-order valence-electron chi connectivity index (χ1n) is 8.54. The van der Waals surface area contributed by atoms with Crippen LogP contribution < -0.4 is 5.73 Å². The van der Waals surface area contributed by atoms with Crippen LogP contribution in [0.1, 0.15) is 35.8 Å². The van der Waals surface area contributed by atoms with Crippen molar-refractivity contribution in [2.24, 2.45) is 11.7 Å². The summed E-state index contributed by atoms with van der Waals surface area (Å²) in [5.74, 6) is 0.0272. The minimum absolute atomic E-state index is 0.00765. The molecule has 2 N–H and O–H groups in total. The van der Waals surface area contributed by atoms with Crippen LogP contribution in [0.4, 0.5) is 13.2 Å². The molecular formula is C18H21F3N4O. The maximum absolute atomic E-state index is 12.9. The lowest BCUT2D eigenvalue weighted by Crippen LogP contribution is -2.45. The van der Waals surface area contributed by atoms with Gasteiger partial charge in [0.2, 0.25) is 0 Å². The first kappa shape index (κ1) is 18.4. The van der Waals surface area contributed by atoms with Gasteiger partial charge >= 0.3 is 6.18 Å². The highest BCUT2D eigenvalue weighted by molar-refractivity contribution is 5.92. The molecule has 1 aliphatic rings. The molecule has 2 heterocycles. The summed E-state index contributed by atoms with van der Waals surface area (Å²) in [4.78, 5) is 14.4. The molecule has 1 fully saturated rings. The smallest absolute Gasteiger partial charge is 0.337 e. The molecule has 0 unspecified atom stereocenters. The van der Waals surface area contributed by atoms with Gasteiger partial charge in [-0.05, 0) is 49.9 Å². The monoisotopic (exact) mass is 366 g/mol. The summed E-state index contributed by atoms with van der Waals surface area (Å²) in [5.41, 5.74) is 5.66. The van der Waals surface area contributed by atoms with Gasteiger partial charge in [-0.2, -0.15) is 18.3 Å². The first-order valence-corrected chi connectivity index (χ1v) is 8.54. The number of carbonyl (C=O) groups excluding carboxylic acids is 1. The van der Waals surface area contributed by atoms with Crippen molar-refractivity contribution in [3.8, 4) is 5.69 Å². The maximum Gasteiger partial charge on any atom is 0.416 e. The Labute approximate surface area is 149 Å². The zero-order chi connectivity index (χ0) is 18.9. The van der Waals surface area contributed by atoms with Crippen molar-refractivity contribution in [3.63, 3.8) is 0 Å². The van der Waals surface area contributed by atoms with Crippen LogP contribution in [0.15, 0.2) is 36.5 Å². The van der Waals surface area contributed by atoms with E-state index in [1.165, 1.54) is 29.1 Å². The van der Waals surface area contributed by atoms with Gasteiger partial charge in [-0.25, -0.2) is 4.68 Å². The quantitative estimate of drug-likeness (QED) is 0.908. The van der Waals surface area contributed by atoms with Gasteiger partial charge < -0.3 is 10.6 Å². The summed E-state index contributed by atoms with van der Waals surface area (Å²) in [6.45, 7) is 3.15. The van der Waals surface area contributed by atoms with Crippen LogP contribution >= 0.6 is 0 Å². The van der Waals surface area contributed by atoms with Crippen molar-refractivity contribution in [2.45, 2.75) is 32.0 Å². The number of aromatic nitrogens is 2. The van der Waals surface area contributed by atoms with Gasteiger partial charge in [0.05, 0.1) is 11.3 Å². The van der Waals surface area contributed by atoms with Crippen LogP contribution in [0.25, 0.3) is 5.69 Å². The van der Waals surface area contributed by atoms with Crippen LogP contribution in [-0.2, 0) is 6.18 Å². The second-order valence-corrected chi connectivity index (χ2v) is 6.71. The molecular weight excluding hydrogens is 345 g/mol. The molecule has 0 radical (unpaired) electrons. The third kappa shape index (κ3) is 3.90. The highest BCUT2D eigenvalue weighted by atomic mass is 19.4. The van der Waals surface area contributed by atoms with Gasteiger partial charge in [0.25, 0.3) is 5.91 Å². The van der Waals surface area contributed by atoms with E-state index in [0.717, 1.165) is 25.0 Å². The second-order valence-electron chi connectivity index (χ2n) is 6.71. The number of hydrogen-bond donors (Lipinski definition) is 1. The lowest BCUT2D eigenvalue weighted by molar-refractivity contribution is -0.137. The molecule has 140 valence electrons. The number of rotatable bonds is 3. The number of carbonyl (C=O) groups is 1. The second kappa shape index (κ2) is 7.11. The van der Waals surface area contributed by atoms with E-state index >= 15 is 0 Å². The van der Waals surface area contributed by atoms with Gasteiger partial charge in [-0.1, -0.05) is 6.07 Å². The van der Waals surface area contributed by atoms with E-state index in [-0.39, 0.29) is 29.2 Å². The largest absolute Gasteiger partial charge is 0.416 e. The highest BCUT2D eigenvalue weighted by Crippen LogP contribution is 2.30. The summed E-state index contributed by atoms with van der Waals surface area (Å²) in [5, 5.41) is 4.18. The number of benzene rings is 1. The van der Waals surface area contributed by atoms with Crippen molar-refractivity contribution < 1.29 is 18.0 Å². The lowest BCUT2D eigenvalue weighted by Gasteiger charge is -2.34. The fourth-order valence-electron chi connectivity index (χ4n) is 3.19. The third-order valence-corrected chi connectivity index (χ3v) is 4.73. The lowest BCUT2D eigenvalue weighted by atomic mass is 9.92. The van der Waals surface area contributed by atoms with Gasteiger partial charge in [0.1, 0.15) is 0 Å². The number of halogens is 3. The Bertz CT molecular complexity index is 785. The topological polar surface area (TPSA) is 64.2 Å². The zero-order valence-corrected chi connectivity index (χ0v) is 14.4. The number of likely N-dealkylation sites (tertiary alicyclic amines) is 1. The van der Waals surface area contributed by atoms with E-state index in [9.17, 15) is 18.0 Å². The van der Waals surface area contributed by atoms with Crippen LogP contribution in [-0.4, -0.2) is 39.7 Å². The fourth-order valence-corrected chi connectivity index (χ4v) is 3.19. The SMILES string of the molecule is C[C@H](N)[C@H]1CCCN(C(=O)c2ccn(-c3cccc(C(F)(F)F)c3)n2)C1. The van der Waals surface area contributed by atoms with Crippen LogP contribution in [0, 0.1) is 5.92 Å². The number of hydrogen-bond acceptors (Lipinski definition) is 3. The molecule has 1 aliphatic heterocycles. The average molecular weight is 366 g/mol. The van der Waals surface area contributed by atoms with E-state index in [4.69, 9.17) is 5.73 Å². The maximum atomic E-state index is 12.9. The van der Waals surface area contributed by atoms with Gasteiger partial charge in [-0.15, -0.1) is 0 Å². The Morgan fingerprint density at radius 3 is 2.81 bits per heavy atom. The Morgan fingerprint density at radius 1 is 1.35 bits per heavy atom. The molecule has 1 amide bonds. The van der Waals surface area contributed by atoms with E-state index in [2.05, 4.69) is 5.10 Å². The summed E-state index contributed by atoms with van der Waals surface area (Å²) < 4.78 is 39.9. The third-order valence-electron chi connectivity index (χ3n) is 4.73. The molecule has 0 saturated carbocycles. The van der Waals surface area contributed by atoms with Crippen molar-refractivity contribution in [3.05, 3.63) is 47.8 Å². The minimum Gasteiger partial charge on any atom is -0.337 e. The van der Waals surface area contributed by atoms with Crippen molar-refractivity contribution in [2.75, 3.05) is 13.1 Å². The summed E-state index contributed by atoms with van der Waals surface area (Å²) in [6.07, 6.45) is -1.06. The zero-order valence-electron chi connectivity index (χ0n) is 14.4. The number of piperidine rings is 1. The molecule has 0 spiro atoms. The molecule has 3 rings (SSSR count). The van der Waals surface area contributed by atoms with Gasteiger partial charge in [0, 0.05) is 25.3 Å². The van der Waals surface area contributed by atoms with Crippen molar-refractivity contribution in [1.82, 2.24) is 14.7 Å². The Kier molecular flexibility index (Phi) is 5.04. The first-order chi connectivity index (χ1) is 12.3. The number of nitrogens with zero attached hydrogens (tertiary/aromatic N) is 3. The van der Waals surface area contributed by atoms with Crippen LogP contribution in [0.3, 0.4) is 0 Å². The predicted octanol–water partition coefficient (Wildman–Crippen LogP) is 3.09. The Morgan fingerprint density at radius 2 is 2.12 bits per heavy atom. The van der Waals surface area contributed by atoms with Crippen molar-refractivity contribution in [1.29, 1.82) is 0 Å². The standard InChI is InChI=1S/C18H21F3N4O/c1-12(22)13-4-3-8-24(11-13)17(26)16-7-9-25(23-16)15-6-2-5-14(10-15)18(19,20)21/h2,5-7,9-10,12-13H,3-4,8,11,22H2,1H3/t12-,13-/m0/s1. The highest BCUT2D eigenvalue weighted by Gasteiger charge is 2.31. The molecule has 1 aromatic heterocycles. The Hall–Kier alpha value is -2.35. The average Bonchev–Trinajstić information content (AvgIpc) is 3.10. The number of alkyl halides is 3. The molecule has 2 aromatic rings. The van der Waals surface area contributed by atoms with Crippen molar-refractivity contribution >= 4 is 5.91 Å². The molecule has 0 bridgehead atoms. The van der Waals surface area contributed by atoms with Gasteiger partial charge in [0.15, 0.2) is 5.69 Å². The summed E-state index contributed by atoms with van der Waals surface area (Å²) >= 11 is 0. The summed E-state index contributed by atoms with van der Waals surface area (Å²) in [6, 6.07) is 6.38. The molecule has 1 aromatic carbocycles. The van der Waals surface area contributed by atoms with E-state index < -0.39 is 11.7 Å². The fraction of sp³-hybridized carbons (Fsp3) is 0.444. The molecule has 1 saturated heterocycles. The Balaban J connectivity index is 1.78. The van der Waals surface area contributed by atoms with E-state index in [0.29, 0.717) is 13.1 Å². The number of amides is 1. The van der Waals surface area contributed by atoms with Crippen LogP contribution in [0.2, 0.25) is 0 Å². The van der Waals surface area contributed by atoms with E-state index in [1.54, 1.807) is 4.90 Å². The summed E-state index contributed by atoms with van der Waals surface area (Å²) in [7, 11) is 0. The number of nitrogens with two attached hydrogens (primary N) is 1. The molecule has 0 aliphatic carbocycles. The molecule has 2 atom stereocenters. The van der Waals surface area contributed by atoms with Gasteiger partial charge in [-0.3, -0.25) is 4.79 Å².